The summed E-state index contributed by atoms with van der Waals surface area (Å²) in [5.74, 6) is 0.793. The van der Waals surface area contributed by atoms with Crippen LogP contribution in [0.5, 0.6) is 5.75 Å². The molecular weight excluding hydrogens is 214 g/mol. The number of aliphatic hydroxyl groups excluding tert-OH is 1. The van der Waals surface area contributed by atoms with Gasteiger partial charge in [0.2, 0.25) is 0 Å². The molecule has 1 unspecified atom stereocenters. The third-order valence-corrected chi connectivity index (χ3v) is 2.78. The summed E-state index contributed by atoms with van der Waals surface area (Å²) in [7, 11) is 1.65. The zero-order valence-corrected chi connectivity index (χ0v) is 10.2. The zero-order valence-electron chi connectivity index (χ0n) is 10.2. The Morgan fingerprint density at radius 3 is 2.82 bits per heavy atom. The van der Waals surface area contributed by atoms with Crippen molar-refractivity contribution in [1.82, 2.24) is 4.98 Å². The molecule has 17 heavy (non-hydrogen) atoms. The van der Waals surface area contributed by atoms with Gasteiger partial charge in [0.15, 0.2) is 0 Å². The average Bonchev–Trinajstić information content (AvgIpc) is 2.35. The number of ether oxygens (including phenoxy) is 1. The van der Waals surface area contributed by atoms with Crippen LogP contribution in [0.4, 0.5) is 0 Å². The second-order valence-corrected chi connectivity index (χ2v) is 4.22. The van der Waals surface area contributed by atoms with Gasteiger partial charge < -0.3 is 9.84 Å². The molecule has 1 N–H and O–H groups in total. The van der Waals surface area contributed by atoms with E-state index in [0.717, 1.165) is 35.2 Å². The monoisotopic (exact) mass is 231 g/mol. The second kappa shape index (κ2) is 5.15. The molecule has 2 aromatic rings. The predicted octanol–water partition coefficient (Wildman–Crippen LogP) is 2.56. The van der Waals surface area contributed by atoms with E-state index in [4.69, 9.17) is 4.74 Å². The lowest BCUT2D eigenvalue weighted by Gasteiger charge is -2.07. The molecule has 0 bridgehead atoms. The highest BCUT2D eigenvalue weighted by Gasteiger charge is 2.05. The molecule has 0 amide bonds. The summed E-state index contributed by atoms with van der Waals surface area (Å²) >= 11 is 0. The van der Waals surface area contributed by atoms with Crippen molar-refractivity contribution in [2.24, 2.45) is 0 Å². The lowest BCUT2D eigenvalue weighted by Crippen LogP contribution is -2.02. The van der Waals surface area contributed by atoms with E-state index in [1.54, 1.807) is 14.0 Å². The van der Waals surface area contributed by atoms with Crippen LogP contribution in [0.2, 0.25) is 0 Å². The molecule has 2 rings (SSSR count). The molecule has 1 aromatic carbocycles. The number of aromatic nitrogens is 1. The number of fused-ring (bicyclic) bond motifs is 1. The van der Waals surface area contributed by atoms with Crippen molar-refractivity contribution in [3.63, 3.8) is 0 Å². The third kappa shape index (κ3) is 2.74. The van der Waals surface area contributed by atoms with Gasteiger partial charge in [0, 0.05) is 11.1 Å². The lowest BCUT2D eigenvalue weighted by molar-refractivity contribution is 0.184. The van der Waals surface area contributed by atoms with E-state index in [9.17, 15) is 5.11 Å². The maximum absolute atomic E-state index is 9.28. The van der Waals surface area contributed by atoms with Gasteiger partial charge in [0.05, 0.1) is 13.2 Å². The smallest absolute Gasteiger partial charge is 0.145 e. The molecule has 1 atom stereocenters. The molecule has 0 saturated carbocycles. The Balaban J connectivity index is 2.34. The van der Waals surface area contributed by atoms with E-state index in [1.165, 1.54) is 0 Å². The first-order valence-electron chi connectivity index (χ1n) is 5.81. The van der Waals surface area contributed by atoms with Crippen LogP contribution in [0.15, 0.2) is 30.3 Å². The summed E-state index contributed by atoms with van der Waals surface area (Å²) in [5, 5.41) is 10.3. The Morgan fingerprint density at radius 1 is 1.29 bits per heavy atom. The number of aryl methyl sites for hydroxylation is 1. The molecule has 0 radical (unpaired) electrons. The van der Waals surface area contributed by atoms with Crippen molar-refractivity contribution in [2.45, 2.75) is 25.9 Å². The summed E-state index contributed by atoms with van der Waals surface area (Å²) in [6, 6.07) is 9.93. The van der Waals surface area contributed by atoms with E-state index in [-0.39, 0.29) is 6.10 Å². The summed E-state index contributed by atoms with van der Waals surface area (Å²) in [4.78, 5) is 4.58. The van der Waals surface area contributed by atoms with Crippen LogP contribution in [0, 0.1) is 0 Å². The van der Waals surface area contributed by atoms with Crippen molar-refractivity contribution in [1.29, 1.82) is 0 Å². The van der Waals surface area contributed by atoms with Crippen LogP contribution < -0.4 is 4.74 Å². The van der Waals surface area contributed by atoms with E-state index in [1.807, 2.05) is 30.3 Å². The summed E-state index contributed by atoms with van der Waals surface area (Å²) in [6.07, 6.45) is 1.23. The maximum atomic E-state index is 9.28. The molecule has 1 heterocycles. The Labute approximate surface area is 101 Å². The fraction of sp³-hybridized carbons (Fsp3) is 0.357. The second-order valence-electron chi connectivity index (χ2n) is 4.22. The number of para-hydroxylation sites is 1. The molecular formula is C14H17NO2. The number of aliphatic hydroxyl groups is 1. The standard InChI is InChI=1S/C14H17NO2/c1-10(16)6-8-12-9-7-11-4-3-5-13(17-2)14(11)15-12/h3-5,7,9-10,16H,6,8H2,1-2H3. The number of methoxy groups -OCH3 is 1. The van der Waals surface area contributed by atoms with Gasteiger partial charge in [-0.15, -0.1) is 0 Å². The largest absolute Gasteiger partial charge is 0.494 e. The summed E-state index contributed by atoms with van der Waals surface area (Å²) in [6.45, 7) is 1.79. The van der Waals surface area contributed by atoms with Gasteiger partial charge in [-0.3, -0.25) is 0 Å². The Morgan fingerprint density at radius 2 is 2.12 bits per heavy atom. The van der Waals surface area contributed by atoms with Crippen molar-refractivity contribution < 1.29 is 9.84 Å². The van der Waals surface area contributed by atoms with Gasteiger partial charge in [-0.2, -0.15) is 0 Å². The van der Waals surface area contributed by atoms with E-state index in [2.05, 4.69) is 4.98 Å². The first-order chi connectivity index (χ1) is 8.20. The first-order valence-corrected chi connectivity index (χ1v) is 5.81. The van der Waals surface area contributed by atoms with Crippen LogP contribution in [0.3, 0.4) is 0 Å². The fourth-order valence-corrected chi connectivity index (χ4v) is 1.82. The Hall–Kier alpha value is -1.61. The molecule has 3 nitrogen and oxygen atoms in total. The van der Waals surface area contributed by atoms with Crippen LogP contribution >= 0.6 is 0 Å². The molecule has 0 saturated heterocycles. The van der Waals surface area contributed by atoms with E-state index < -0.39 is 0 Å². The van der Waals surface area contributed by atoms with Crippen molar-refractivity contribution in [3.8, 4) is 5.75 Å². The molecule has 1 aromatic heterocycles. The number of hydrogen-bond donors (Lipinski definition) is 1. The number of pyridine rings is 1. The SMILES string of the molecule is COc1cccc2ccc(CCC(C)O)nc12. The number of benzene rings is 1. The minimum atomic E-state index is -0.287. The van der Waals surface area contributed by atoms with Crippen molar-refractivity contribution in [3.05, 3.63) is 36.0 Å². The first kappa shape index (κ1) is 11.9. The fourth-order valence-electron chi connectivity index (χ4n) is 1.82. The Kier molecular flexibility index (Phi) is 3.59. The zero-order chi connectivity index (χ0) is 12.3. The molecule has 0 aliphatic heterocycles. The average molecular weight is 231 g/mol. The molecule has 90 valence electrons. The van der Waals surface area contributed by atoms with Crippen molar-refractivity contribution >= 4 is 10.9 Å². The normalized spacial score (nSPS) is 12.6. The van der Waals surface area contributed by atoms with Gasteiger partial charge in [0.1, 0.15) is 11.3 Å². The number of rotatable bonds is 4. The van der Waals surface area contributed by atoms with Crippen LogP contribution in [0.1, 0.15) is 19.0 Å². The molecule has 0 aliphatic carbocycles. The minimum Gasteiger partial charge on any atom is -0.494 e. The van der Waals surface area contributed by atoms with E-state index >= 15 is 0 Å². The van der Waals surface area contributed by atoms with Gasteiger partial charge in [-0.05, 0) is 31.9 Å². The minimum absolute atomic E-state index is 0.287. The molecule has 0 aliphatic rings. The highest BCUT2D eigenvalue weighted by Crippen LogP contribution is 2.23. The number of hydrogen-bond acceptors (Lipinski definition) is 3. The molecule has 0 spiro atoms. The molecule has 0 fully saturated rings. The highest BCUT2D eigenvalue weighted by molar-refractivity contribution is 5.84. The van der Waals surface area contributed by atoms with Gasteiger partial charge in [-0.1, -0.05) is 18.2 Å². The number of nitrogens with zero attached hydrogens (tertiary/aromatic N) is 1. The van der Waals surface area contributed by atoms with Gasteiger partial charge in [0.25, 0.3) is 0 Å². The quantitative estimate of drug-likeness (QED) is 0.879. The van der Waals surface area contributed by atoms with E-state index in [0.29, 0.717) is 0 Å². The van der Waals surface area contributed by atoms with Crippen LogP contribution in [0.25, 0.3) is 10.9 Å². The van der Waals surface area contributed by atoms with Gasteiger partial charge >= 0.3 is 0 Å². The lowest BCUT2D eigenvalue weighted by atomic mass is 10.1. The predicted molar refractivity (Wildman–Crippen MR) is 68.3 cm³/mol. The Bertz CT molecular complexity index is 509. The topological polar surface area (TPSA) is 42.4 Å². The third-order valence-electron chi connectivity index (χ3n) is 2.78. The summed E-state index contributed by atoms with van der Waals surface area (Å²) < 4.78 is 5.30. The van der Waals surface area contributed by atoms with Gasteiger partial charge in [-0.25, -0.2) is 4.98 Å². The van der Waals surface area contributed by atoms with Crippen LogP contribution in [-0.4, -0.2) is 23.3 Å². The van der Waals surface area contributed by atoms with Crippen molar-refractivity contribution in [2.75, 3.05) is 7.11 Å². The highest BCUT2D eigenvalue weighted by atomic mass is 16.5. The summed E-state index contributed by atoms with van der Waals surface area (Å²) in [5.41, 5.74) is 1.88. The molecule has 3 heteroatoms. The maximum Gasteiger partial charge on any atom is 0.145 e. The van der Waals surface area contributed by atoms with Crippen LogP contribution in [-0.2, 0) is 6.42 Å².